The quantitative estimate of drug-likeness (QED) is 0.519. The fourth-order valence-corrected chi connectivity index (χ4v) is 3.42. The minimum atomic E-state index is 0. The summed E-state index contributed by atoms with van der Waals surface area (Å²) in [6.45, 7) is 3.56. The van der Waals surface area contributed by atoms with E-state index in [-0.39, 0.29) is 12.4 Å². The van der Waals surface area contributed by atoms with Gasteiger partial charge in [-0.05, 0) is 19.0 Å². The van der Waals surface area contributed by atoms with E-state index in [0.717, 1.165) is 36.9 Å². The first kappa shape index (κ1) is 21.8. The van der Waals surface area contributed by atoms with Crippen molar-refractivity contribution in [3.8, 4) is 17.6 Å². The summed E-state index contributed by atoms with van der Waals surface area (Å²) in [6, 6.07) is 0. The lowest BCUT2D eigenvalue weighted by Gasteiger charge is -2.22. The summed E-state index contributed by atoms with van der Waals surface area (Å²) < 4.78 is 38.3. The van der Waals surface area contributed by atoms with Gasteiger partial charge in [-0.2, -0.15) is 4.37 Å². The molecule has 0 radical (unpaired) electrons. The molecule has 0 aromatic carbocycles. The molecule has 0 amide bonds. The van der Waals surface area contributed by atoms with Crippen LogP contribution in [0.2, 0.25) is 0 Å². The molecule has 3 rings (SSSR count). The van der Waals surface area contributed by atoms with Crippen LogP contribution in [0.25, 0.3) is 5.57 Å². The summed E-state index contributed by atoms with van der Waals surface area (Å²) in [4.78, 5) is 2.26. The molecule has 0 atom stereocenters. The maximum atomic E-state index is 5.73. The van der Waals surface area contributed by atoms with E-state index in [1.807, 2.05) is 0 Å². The molecule has 0 fully saturated rings. The second-order valence-corrected chi connectivity index (χ2v) is 6.62. The number of nitrogens with zero attached hydrogens (tertiary/aromatic N) is 5. The first-order chi connectivity index (χ1) is 12.8. The van der Waals surface area contributed by atoms with Crippen LogP contribution in [0, 0.1) is 0 Å². The van der Waals surface area contributed by atoms with Crippen molar-refractivity contribution in [1.82, 2.24) is 22.4 Å². The zero-order chi connectivity index (χ0) is 18.2. The average Bonchev–Trinajstić information content (AvgIpc) is 3.29. The van der Waals surface area contributed by atoms with Crippen LogP contribution in [-0.4, -0.2) is 76.1 Å². The second-order valence-electron chi connectivity index (χ2n) is 5.56. The van der Waals surface area contributed by atoms with Gasteiger partial charge in [0.1, 0.15) is 18.9 Å². The standard InChI is InChI=1S/C15H21N5O4S2.ClH/c1-20-5-3-4-11(10-20)12-13(17-25-16-12)23-8-6-22-7-9-24-15-14(21-2)18-26-19-15;/h4H,3,5-10H2,1-2H3;1H. The van der Waals surface area contributed by atoms with Crippen molar-refractivity contribution in [2.24, 2.45) is 0 Å². The molecule has 0 aliphatic carbocycles. The van der Waals surface area contributed by atoms with Crippen LogP contribution in [0.3, 0.4) is 0 Å². The summed E-state index contributed by atoms with van der Waals surface area (Å²) in [7, 11) is 3.63. The Morgan fingerprint density at radius 3 is 2.37 bits per heavy atom. The predicted octanol–water partition coefficient (Wildman–Crippen LogP) is 2.01. The van der Waals surface area contributed by atoms with Crippen molar-refractivity contribution in [2.45, 2.75) is 6.42 Å². The van der Waals surface area contributed by atoms with Gasteiger partial charge in [0.15, 0.2) is 0 Å². The minimum absolute atomic E-state index is 0. The molecule has 27 heavy (non-hydrogen) atoms. The van der Waals surface area contributed by atoms with Crippen molar-refractivity contribution >= 4 is 41.4 Å². The Balaban J connectivity index is 0.00000261. The van der Waals surface area contributed by atoms with Gasteiger partial charge in [0.2, 0.25) is 0 Å². The van der Waals surface area contributed by atoms with Gasteiger partial charge < -0.3 is 23.8 Å². The summed E-state index contributed by atoms with van der Waals surface area (Å²) in [6.07, 6.45) is 3.23. The predicted molar refractivity (Wildman–Crippen MR) is 106 cm³/mol. The van der Waals surface area contributed by atoms with E-state index in [0.29, 0.717) is 44.1 Å². The van der Waals surface area contributed by atoms with Crippen LogP contribution in [-0.2, 0) is 4.74 Å². The maximum absolute atomic E-state index is 5.73. The monoisotopic (exact) mass is 435 g/mol. The van der Waals surface area contributed by atoms with E-state index < -0.39 is 0 Å². The van der Waals surface area contributed by atoms with Crippen molar-refractivity contribution in [3.63, 3.8) is 0 Å². The van der Waals surface area contributed by atoms with Crippen molar-refractivity contribution in [3.05, 3.63) is 11.8 Å². The molecule has 2 aromatic rings. The number of rotatable bonds is 10. The highest BCUT2D eigenvalue weighted by molar-refractivity contribution is 6.99. The van der Waals surface area contributed by atoms with Crippen LogP contribution in [0.5, 0.6) is 17.6 Å². The van der Waals surface area contributed by atoms with Gasteiger partial charge in [-0.1, -0.05) is 6.08 Å². The number of halogens is 1. The fourth-order valence-electron chi connectivity index (χ4n) is 2.42. The molecule has 2 aromatic heterocycles. The Morgan fingerprint density at radius 1 is 0.963 bits per heavy atom. The fraction of sp³-hybridized carbons (Fsp3) is 0.600. The number of ether oxygens (including phenoxy) is 4. The molecule has 150 valence electrons. The van der Waals surface area contributed by atoms with Crippen LogP contribution < -0.4 is 14.2 Å². The van der Waals surface area contributed by atoms with E-state index in [4.69, 9.17) is 18.9 Å². The molecule has 0 bridgehead atoms. The average molecular weight is 436 g/mol. The maximum Gasteiger partial charge on any atom is 0.291 e. The lowest BCUT2D eigenvalue weighted by Crippen LogP contribution is -2.25. The zero-order valence-corrected chi connectivity index (χ0v) is 17.6. The third-order valence-corrected chi connectivity index (χ3v) is 4.67. The Morgan fingerprint density at radius 2 is 1.63 bits per heavy atom. The van der Waals surface area contributed by atoms with Crippen molar-refractivity contribution in [1.29, 1.82) is 0 Å². The van der Waals surface area contributed by atoms with Gasteiger partial charge in [-0.15, -0.1) is 25.5 Å². The Labute approximate surface area is 172 Å². The van der Waals surface area contributed by atoms with Gasteiger partial charge >= 0.3 is 0 Å². The Hall–Kier alpha value is -1.53. The smallest absolute Gasteiger partial charge is 0.291 e. The molecular formula is C15H22ClN5O4S2. The highest BCUT2D eigenvalue weighted by Crippen LogP contribution is 2.27. The van der Waals surface area contributed by atoms with Crippen LogP contribution in [0.4, 0.5) is 0 Å². The number of methoxy groups -OCH3 is 1. The van der Waals surface area contributed by atoms with E-state index in [9.17, 15) is 0 Å². The Bertz CT molecular complexity index is 727. The number of likely N-dealkylation sites (N-methyl/N-ethyl adjacent to an activating group) is 1. The molecule has 0 spiro atoms. The van der Waals surface area contributed by atoms with Crippen molar-refractivity contribution < 1.29 is 18.9 Å². The highest BCUT2D eigenvalue weighted by atomic mass is 35.5. The lowest BCUT2D eigenvalue weighted by molar-refractivity contribution is 0.0738. The Kier molecular flexibility index (Phi) is 9.15. The van der Waals surface area contributed by atoms with E-state index in [1.165, 1.54) is 24.4 Å². The van der Waals surface area contributed by atoms with E-state index >= 15 is 0 Å². The SMILES string of the molecule is COc1nsnc1OCCOCCOc1nsnc1C1=CCCN(C)C1.Cl. The molecule has 0 saturated heterocycles. The zero-order valence-electron chi connectivity index (χ0n) is 15.1. The summed E-state index contributed by atoms with van der Waals surface area (Å²) in [5, 5.41) is 0. The van der Waals surface area contributed by atoms with Gasteiger partial charge in [0.05, 0.1) is 43.8 Å². The van der Waals surface area contributed by atoms with Crippen LogP contribution >= 0.6 is 35.9 Å². The van der Waals surface area contributed by atoms with E-state index in [1.54, 1.807) is 0 Å². The van der Waals surface area contributed by atoms with Crippen molar-refractivity contribution in [2.75, 3.05) is 53.7 Å². The van der Waals surface area contributed by atoms with E-state index in [2.05, 4.69) is 35.5 Å². The number of hydrogen-bond acceptors (Lipinski definition) is 11. The molecule has 9 nitrogen and oxygen atoms in total. The second kappa shape index (κ2) is 11.3. The number of hydrogen-bond donors (Lipinski definition) is 0. The molecule has 1 aliphatic heterocycles. The molecule has 0 N–H and O–H groups in total. The molecule has 12 heteroatoms. The largest absolute Gasteiger partial charge is 0.477 e. The molecule has 1 aliphatic rings. The highest BCUT2D eigenvalue weighted by Gasteiger charge is 2.18. The third-order valence-electron chi connectivity index (χ3n) is 3.66. The normalized spacial score (nSPS) is 14.4. The lowest BCUT2D eigenvalue weighted by atomic mass is 10.1. The first-order valence-electron chi connectivity index (χ1n) is 8.18. The molecule has 3 heterocycles. The van der Waals surface area contributed by atoms with Gasteiger partial charge in [-0.3, -0.25) is 0 Å². The topological polar surface area (TPSA) is 91.7 Å². The van der Waals surface area contributed by atoms with Gasteiger partial charge in [0.25, 0.3) is 17.6 Å². The van der Waals surface area contributed by atoms with Crippen LogP contribution in [0.15, 0.2) is 6.08 Å². The summed E-state index contributed by atoms with van der Waals surface area (Å²) >= 11 is 2.21. The summed E-state index contributed by atoms with van der Waals surface area (Å²) in [5.74, 6) is 1.36. The minimum Gasteiger partial charge on any atom is -0.477 e. The molecule has 0 saturated carbocycles. The number of aromatic nitrogens is 4. The first-order valence-corrected chi connectivity index (χ1v) is 9.64. The third kappa shape index (κ3) is 6.25. The molecular weight excluding hydrogens is 414 g/mol. The van der Waals surface area contributed by atoms with Gasteiger partial charge in [-0.25, -0.2) is 0 Å². The van der Waals surface area contributed by atoms with Gasteiger partial charge in [0, 0.05) is 13.1 Å². The molecule has 0 unspecified atom stereocenters. The van der Waals surface area contributed by atoms with Crippen LogP contribution in [0.1, 0.15) is 12.1 Å². The summed E-state index contributed by atoms with van der Waals surface area (Å²) in [5.41, 5.74) is 2.01.